The Morgan fingerprint density at radius 1 is 1.20 bits per heavy atom. The van der Waals surface area contributed by atoms with Gasteiger partial charge < -0.3 is 14.2 Å². The highest BCUT2D eigenvalue weighted by molar-refractivity contribution is 6.10. The Morgan fingerprint density at radius 2 is 2.00 bits per heavy atom. The molecule has 4 rings (SSSR count). The number of likely N-dealkylation sites (tertiary alicyclic amines) is 1. The van der Waals surface area contributed by atoms with E-state index in [2.05, 4.69) is 10.1 Å². The topological polar surface area (TPSA) is 106 Å². The van der Waals surface area contributed by atoms with Gasteiger partial charge in [0, 0.05) is 38.7 Å². The molecule has 35 heavy (non-hydrogen) atoms. The summed E-state index contributed by atoms with van der Waals surface area (Å²) in [6.45, 7) is 2.58. The maximum atomic E-state index is 13.7. The molecule has 3 amide bonds. The summed E-state index contributed by atoms with van der Waals surface area (Å²) in [6, 6.07) is 14.4. The third-order valence-electron chi connectivity index (χ3n) is 6.11. The fourth-order valence-electron chi connectivity index (χ4n) is 4.30. The quantitative estimate of drug-likeness (QED) is 0.327. The zero-order chi connectivity index (χ0) is 24.8. The van der Waals surface area contributed by atoms with Gasteiger partial charge in [0.2, 0.25) is 17.7 Å². The van der Waals surface area contributed by atoms with E-state index in [0.29, 0.717) is 30.1 Å². The predicted octanol–water partition coefficient (Wildman–Crippen LogP) is 2.89. The van der Waals surface area contributed by atoms with E-state index in [4.69, 9.17) is 9.26 Å². The lowest BCUT2D eigenvalue weighted by Crippen LogP contribution is -2.43. The molecule has 182 valence electrons. The molecule has 1 saturated heterocycles. The Morgan fingerprint density at radius 3 is 2.69 bits per heavy atom. The number of rotatable bonds is 10. The zero-order valence-corrected chi connectivity index (χ0v) is 19.8. The van der Waals surface area contributed by atoms with E-state index in [1.165, 1.54) is 9.80 Å². The number of pyridine rings is 1. The van der Waals surface area contributed by atoms with Crippen LogP contribution in [0, 0.1) is 6.92 Å². The number of carbonyl (C=O) groups excluding carboxylic acids is 3. The molecule has 0 aliphatic carbocycles. The van der Waals surface area contributed by atoms with Gasteiger partial charge in [-0.25, -0.2) is 0 Å². The number of carbonyl (C=O) groups is 3. The number of nitrogens with zero attached hydrogens (tertiary/aromatic N) is 4. The monoisotopic (exact) mass is 476 g/mol. The van der Waals surface area contributed by atoms with Gasteiger partial charge in [0.05, 0.1) is 30.5 Å². The third-order valence-corrected chi connectivity index (χ3v) is 6.11. The summed E-state index contributed by atoms with van der Waals surface area (Å²) in [4.78, 5) is 46.6. The fraction of sp³-hybridized carbons (Fsp3) is 0.346. The number of ether oxygens (including phenoxy) is 1. The maximum absolute atomic E-state index is 13.7. The molecule has 9 nitrogen and oxygen atoms in total. The van der Waals surface area contributed by atoms with Gasteiger partial charge in [-0.2, -0.15) is 0 Å². The van der Waals surface area contributed by atoms with Crippen LogP contribution >= 0.6 is 0 Å². The Balaban J connectivity index is 1.47. The first-order chi connectivity index (χ1) is 16.9. The van der Waals surface area contributed by atoms with E-state index in [9.17, 15) is 14.4 Å². The third kappa shape index (κ3) is 5.40. The van der Waals surface area contributed by atoms with E-state index in [1.807, 2.05) is 18.2 Å². The number of hydrogen-bond donors (Lipinski definition) is 0. The van der Waals surface area contributed by atoms with Crippen molar-refractivity contribution in [1.82, 2.24) is 19.9 Å². The molecule has 1 fully saturated rings. The van der Waals surface area contributed by atoms with E-state index < -0.39 is 5.41 Å². The van der Waals surface area contributed by atoms with Crippen LogP contribution in [-0.4, -0.2) is 57.9 Å². The number of aryl methyl sites for hydroxylation is 1. The molecule has 3 heterocycles. The smallest absolute Gasteiger partial charge is 0.240 e. The molecular weight excluding hydrogens is 448 g/mol. The van der Waals surface area contributed by atoms with E-state index >= 15 is 0 Å². The second-order valence-corrected chi connectivity index (χ2v) is 8.73. The minimum absolute atomic E-state index is 0.0553. The summed E-state index contributed by atoms with van der Waals surface area (Å²) in [5.41, 5.74) is 0.136. The van der Waals surface area contributed by atoms with Crippen molar-refractivity contribution >= 4 is 17.7 Å². The van der Waals surface area contributed by atoms with Gasteiger partial charge in [-0.3, -0.25) is 24.3 Å². The molecule has 1 aliphatic rings. The first kappa shape index (κ1) is 24.1. The van der Waals surface area contributed by atoms with Crippen LogP contribution in [0.3, 0.4) is 0 Å². The van der Waals surface area contributed by atoms with Crippen molar-refractivity contribution < 1.29 is 23.6 Å². The number of benzene rings is 1. The maximum Gasteiger partial charge on any atom is 0.240 e. The van der Waals surface area contributed by atoms with Crippen LogP contribution in [0.5, 0.6) is 5.75 Å². The van der Waals surface area contributed by atoms with Crippen molar-refractivity contribution in [3.05, 3.63) is 77.9 Å². The summed E-state index contributed by atoms with van der Waals surface area (Å²) in [5, 5.41) is 3.85. The van der Waals surface area contributed by atoms with E-state index in [-0.39, 0.29) is 43.7 Å². The van der Waals surface area contributed by atoms with Gasteiger partial charge >= 0.3 is 0 Å². The van der Waals surface area contributed by atoms with Crippen molar-refractivity contribution in [2.45, 2.75) is 38.1 Å². The van der Waals surface area contributed by atoms with Gasteiger partial charge in [-0.1, -0.05) is 35.5 Å². The Bertz CT molecular complexity index is 1180. The molecule has 3 aromatic rings. The largest absolute Gasteiger partial charge is 0.492 e. The summed E-state index contributed by atoms with van der Waals surface area (Å²) in [5.74, 6) is 0.275. The molecule has 0 bridgehead atoms. The second-order valence-electron chi connectivity index (χ2n) is 8.73. The Kier molecular flexibility index (Phi) is 7.24. The number of hydrogen-bond acceptors (Lipinski definition) is 7. The molecule has 9 heteroatoms. The SMILES string of the molecule is Cc1cc(CN(C)C(=O)CC2(c3ccccc3)CC(=O)N(CCCOc3cccnc3)C2=O)on1. The highest BCUT2D eigenvalue weighted by atomic mass is 16.5. The number of imide groups is 1. The predicted molar refractivity (Wildman–Crippen MR) is 126 cm³/mol. The molecule has 0 spiro atoms. The van der Waals surface area contributed by atoms with Crippen molar-refractivity contribution in [3.8, 4) is 5.75 Å². The fourth-order valence-corrected chi connectivity index (χ4v) is 4.30. The van der Waals surface area contributed by atoms with Gasteiger partial charge in [0.15, 0.2) is 5.76 Å². The second kappa shape index (κ2) is 10.5. The minimum Gasteiger partial charge on any atom is -0.492 e. The average Bonchev–Trinajstić information content (AvgIpc) is 3.38. The molecular formula is C26H28N4O5. The van der Waals surface area contributed by atoms with Crippen LogP contribution in [-0.2, 0) is 26.3 Å². The van der Waals surface area contributed by atoms with Crippen LogP contribution in [0.25, 0.3) is 0 Å². The molecule has 1 atom stereocenters. The lowest BCUT2D eigenvalue weighted by molar-refractivity contribution is -0.142. The molecule has 1 aromatic carbocycles. The molecule has 0 radical (unpaired) electrons. The van der Waals surface area contributed by atoms with E-state index in [1.54, 1.807) is 56.7 Å². The van der Waals surface area contributed by atoms with Crippen molar-refractivity contribution in [1.29, 1.82) is 0 Å². The number of amides is 3. The zero-order valence-electron chi connectivity index (χ0n) is 19.8. The average molecular weight is 477 g/mol. The van der Waals surface area contributed by atoms with Crippen LogP contribution in [0.1, 0.15) is 36.3 Å². The first-order valence-electron chi connectivity index (χ1n) is 11.5. The van der Waals surface area contributed by atoms with Crippen molar-refractivity contribution in [3.63, 3.8) is 0 Å². The van der Waals surface area contributed by atoms with Crippen molar-refractivity contribution in [2.75, 3.05) is 20.2 Å². The van der Waals surface area contributed by atoms with Gasteiger partial charge in [0.25, 0.3) is 0 Å². The summed E-state index contributed by atoms with van der Waals surface area (Å²) in [6.07, 6.45) is 3.56. The highest BCUT2D eigenvalue weighted by Gasteiger charge is 2.53. The Hall–Kier alpha value is -4.01. The van der Waals surface area contributed by atoms with E-state index in [0.717, 1.165) is 5.69 Å². The van der Waals surface area contributed by atoms with Crippen LogP contribution in [0.2, 0.25) is 0 Å². The number of aromatic nitrogens is 2. The Labute approximate surface area is 203 Å². The van der Waals surface area contributed by atoms with Gasteiger partial charge in [-0.15, -0.1) is 0 Å². The molecule has 0 N–H and O–H groups in total. The normalized spacial score (nSPS) is 17.6. The van der Waals surface area contributed by atoms with Crippen LogP contribution in [0.4, 0.5) is 0 Å². The van der Waals surface area contributed by atoms with Gasteiger partial charge in [0.1, 0.15) is 5.75 Å². The van der Waals surface area contributed by atoms with Crippen molar-refractivity contribution in [2.24, 2.45) is 0 Å². The molecule has 0 saturated carbocycles. The summed E-state index contributed by atoms with van der Waals surface area (Å²) in [7, 11) is 1.65. The van der Waals surface area contributed by atoms with Crippen LogP contribution < -0.4 is 4.74 Å². The molecule has 1 aliphatic heterocycles. The first-order valence-corrected chi connectivity index (χ1v) is 11.5. The highest BCUT2D eigenvalue weighted by Crippen LogP contribution is 2.40. The van der Waals surface area contributed by atoms with Crippen LogP contribution in [0.15, 0.2) is 65.4 Å². The lowest BCUT2D eigenvalue weighted by atomic mass is 9.75. The molecule has 2 aromatic heterocycles. The molecule has 1 unspecified atom stereocenters. The van der Waals surface area contributed by atoms with Gasteiger partial charge in [-0.05, 0) is 31.0 Å². The summed E-state index contributed by atoms with van der Waals surface area (Å²) >= 11 is 0. The minimum atomic E-state index is -1.24. The standard InChI is InChI=1S/C26H28N4O5/c1-19-14-22(35-28-19)18-29(2)23(31)15-26(20-8-4-3-5-9-20)16-24(32)30(25(26)33)12-7-13-34-21-10-6-11-27-17-21/h3-6,8-11,14,17H,7,12-13,15-16,18H2,1-2H3. The summed E-state index contributed by atoms with van der Waals surface area (Å²) < 4.78 is 10.9. The lowest BCUT2D eigenvalue weighted by Gasteiger charge is -2.29.